The Morgan fingerprint density at radius 1 is 0.862 bits per heavy atom. The zero-order valence-corrected chi connectivity index (χ0v) is 17.4. The molecule has 1 fully saturated rings. The van der Waals surface area contributed by atoms with Gasteiger partial charge >= 0.3 is 0 Å². The molecule has 2 aromatic rings. The van der Waals surface area contributed by atoms with E-state index in [1.54, 1.807) is 6.07 Å². The van der Waals surface area contributed by atoms with E-state index in [0.717, 1.165) is 23.8 Å². The van der Waals surface area contributed by atoms with Crippen LogP contribution in [0.1, 0.15) is 75.8 Å². The van der Waals surface area contributed by atoms with Crippen molar-refractivity contribution in [1.29, 1.82) is 5.26 Å². The molecule has 0 heterocycles. The van der Waals surface area contributed by atoms with Crippen LogP contribution in [0.3, 0.4) is 0 Å². The third-order valence-corrected chi connectivity index (χ3v) is 6.46. The fourth-order valence-corrected chi connectivity index (χ4v) is 4.57. The number of hydrogen-bond acceptors (Lipinski definition) is 1. The Kier molecular flexibility index (Phi) is 7.81. The number of aryl methyl sites for hydroxylation is 1. The molecule has 1 aliphatic rings. The fourth-order valence-electron chi connectivity index (χ4n) is 4.57. The van der Waals surface area contributed by atoms with Crippen molar-refractivity contribution in [2.24, 2.45) is 11.8 Å². The van der Waals surface area contributed by atoms with E-state index in [9.17, 15) is 8.78 Å². The van der Waals surface area contributed by atoms with Crippen molar-refractivity contribution in [3.8, 4) is 17.2 Å². The lowest BCUT2D eigenvalue weighted by Crippen LogP contribution is -2.15. The van der Waals surface area contributed by atoms with E-state index in [-0.39, 0.29) is 0 Å². The van der Waals surface area contributed by atoms with E-state index >= 15 is 0 Å². The van der Waals surface area contributed by atoms with Gasteiger partial charge in [0.05, 0.1) is 0 Å². The first-order chi connectivity index (χ1) is 14.1. The van der Waals surface area contributed by atoms with E-state index in [2.05, 4.69) is 19.1 Å². The van der Waals surface area contributed by atoms with E-state index in [1.165, 1.54) is 75.5 Å². The van der Waals surface area contributed by atoms with Gasteiger partial charge in [-0.3, -0.25) is 0 Å². The zero-order valence-electron chi connectivity index (χ0n) is 17.4. The number of nitrogens with zero attached hydrogens (tertiary/aromatic N) is 1. The van der Waals surface area contributed by atoms with Gasteiger partial charge in [-0.05, 0) is 53.5 Å². The second-order valence-corrected chi connectivity index (χ2v) is 8.54. The molecule has 0 spiro atoms. The number of rotatable bonds is 8. The van der Waals surface area contributed by atoms with E-state index in [0.29, 0.717) is 5.56 Å². The monoisotopic (exact) mass is 395 g/mol. The van der Waals surface area contributed by atoms with Crippen LogP contribution in [0.25, 0.3) is 11.1 Å². The molecule has 154 valence electrons. The van der Waals surface area contributed by atoms with Crippen molar-refractivity contribution in [1.82, 2.24) is 0 Å². The van der Waals surface area contributed by atoms with Gasteiger partial charge in [-0.15, -0.1) is 0 Å². The molecule has 0 saturated heterocycles. The Morgan fingerprint density at radius 3 is 2.00 bits per heavy atom. The summed E-state index contributed by atoms with van der Waals surface area (Å²) in [7, 11) is 0. The smallest absolute Gasteiger partial charge is 0.144 e. The zero-order chi connectivity index (χ0) is 20.6. The first kappa shape index (κ1) is 21.5. The summed E-state index contributed by atoms with van der Waals surface area (Å²) in [6, 6.07) is 12.0. The third-order valence-electron chi connectivity index (χ3n) is 6.46. The predicted molar refractivity (Wildman–Crippen MR) is 114 cm³/mol. The van der Waals surface area contributed by atoms with Gasteiger partial charge < -0.3 is 0 Å². The molecule has 2 aromatic carbocycles. The number of hydrogen-bond donors (Lipinski definition) is 0. The molecule has 0 aliphatic heterocycles. The predicted octanol–water partition coefficient (Wildman–Crippen LogP) is 7.82. The molecule has 0 aromatic heterocycles. The summed E-state index contributed by atoms with van der Waals surface area (Å²) in [5.41, 5.74) is 1.98. The molecular formula is C26H31F2N. The van der Waals surface area contributed by atoms with Crippen molar-refractivity contribution in [3.05, 3.63) is 59.2 Å². The van der Waals surface area contributed by atoms with Crippen molar-refractivity contribution in [2.75, 3.05) is 0 Å². The Morgan fingerprint density at radius 2 is 1.45 bits per heavy atom. The van der Waals surface area contributed by atoms with Gasteiger partial charge in [-0.2, -0.15) is 5.26 Å². The fraction of sp³-hybridized carbons (Fsp3) is 0.500. The lowest BCUT2D eigenvalue weighted by molar-refractivity contribution is 0.249. The molecule has 0 unspecified atom stereocenters. The summed E-state index contributed by atoms with van der Waals surface area (Å²) < 4.78 is 27.7. The molecule has 0 amide bonds. The Labute approximate surface area is 173 Å². The number of unbranched alkanes of at least 4 members (excludes halogenated alkanes) is 2. The summed E-state index contributed by atoms with van der Waals surface area (Å²) in [5.74, 6) is 0.165. The highest BCUT2D eigenvalue weighted by atomic mass is 19.1. The minimum Gasteiger partial charge on any atom is -0.205 e. The summed E-state index contributed by atoms with van der Waals surface area (Å²) in [4.78, 5) is 0. The van der Waals surface area contributed by atoms with Gasteiger partial charge in [0.1, 0.15) is 23.3 Å². The second kappa shape index (κ2) is 10.5. The largest absolute Gasteiger partial charge is 0.205 e. The molecule has 0 bridgehead atoms. The van der Waals surface area contributed by atoms with Crippen LogP contribution in [0.2, 0.25) is 0 Å². The van der Waals surface area contributed by atoms with Gasteiger partial charge in [0.25, 0.3) is 0 Å². The molecule has 1 saturated carbocycles. The Bertz CT molecular complexity index is 804. The molecule has 3 rings (SSSR count). The first-order valence-electron chi connectivity index (χ1n) is 11.1. The van der Waals surface area contributed by atoms with Crippen molar-refractivity contribution >= 4 is 0 Å². The minimum atomic E-state index is -0.808. The lowest BCUT2D eigenvalue weighted by Gasteiger charge is -2.28. The Hall–Kier alpha value is -2.21. The lowest BCUT2D eigenvalue weighted by atomic mass is 9.78. The summed E-state index contributed by atoms with van der Waals surface area (Å²) >= 11 is 0. The average molecular weight is 396 g/mol. The molecule has 3 heteroatoms. The standard InChI is InChI=1S/C26H31F2N/c1-2-3-4-5-19-6-8-20(9-7-19)10-11-21-12-14-22(15-13-21)23-16-25(27)24(18-29)26(28)17-23/h12-17,19-20H,2-11H2,1H3. The van der Waals surface area contributed by atoms with Crippen LogP contribution in [0.15, 0.2) is 36.4 Å². The normalized spacial score (nSPS) is 19.1. The Balaban J connectivity index is 1.50. The number of nitriles is 1. The molecule has 1 aliphatic carbocycles. The van der Waals surface area contributed by atoms with Crippen LogP contribution in [0, 0.1) is 34.8 Å². The van der Waals surface area contributed by atoms with Gasteiger partial charge in [-0.25, -0.2) is 8.78 Å². The van der Waals surface area contributed by atoms with Crippen LogP contribution in [-0.4, -0.2) is 0 Å². The van der Waals surface area contributed by atoms with Crippen LogP contribution >= 0.6 is 0 Å². The van der Waals surface area contributed by atoms with Gasteiger partial charge in [0.2, 0.25) is 0 Å². The van der Waals surface area contributed by atoms with Gasteiger partial charge in [-0.1, -0.05) is 82.6 Å². The van der Waals surface area contributed by atoms with Crippen LogP contribution in [0.5, 0.6) is 0 Å². The highest BCUT2D eigenvalue weighted by Crippen LogP contribution is 2.34. The average Bonchev–Trinajstić information content (AvgIpc) is 2.73. The van der Waals surface area contributed by atoms with E-state index < -0.39 is 17.2 Å². The quantitative estimate of drug-likeness (QED) is 0.418. The summed E-state index contributed by atoms with van der Waals surface area (Å²) in [6.07, 6.45) is 13.3. The highest BCUT2D eigenvalue weighted by molar-refractivity contribution is 5.65. The second-order valence-electron chi connectivity index (χ2n) is 8.54. The van der Waals surface area contributed by atoms with Gasteiger partial charge in [0.15, 0.2) is 0 Å². The maximum Gasteiger partial charge on any atom is 0.144 e. The van der Waals surface area contributed by atoms with Crippen LogP contribution in [-0.2, 0) is 6.42 Å². The highest BCUT2D eigenvalue weighted by Gasteiger charge is 2.20. The third kappa shape index (κ3) is 5.89. The van der Waals surface area contributed by atoms with Crippen LogP contribution in [0.4, 0.5) is 8.78 Å². The van der Waals surface area contributed by atoms with Crippen molar-refractivity contribution < 1.29 is 8.78 Å². The van der Waals surface area contributed by atoms with E-state index in [4.69, 9.17) is 5.26 Å². The number of benzene rings is 2. The number of halogens is 2. The molecular weight excluding hydrogens is 364 g/mol. The SMILES string of the molecule is CCCCCC1CCC(CCc2ccc(-c3cc(F)c(C#N)c(F)c3)cc2)CC1. The molecule has 29 heavy (non-hydrogen) atoms. The first-order valence-corrected chi connectivity index (χ1v) is 11.1. The summed E-state index contributed by atoms with van der Waals surface area (Å²) in [5, 5.41) is 8.80. The maximum atomic E-state index is 13.9. The van der Waals surface area contributed by atoms with Gasteiger partial charge in [0, 0.05) is 0 Å². The van der Waals surface area contributed by atoms with Crippen molar-refractivity contribution in [3.63, 3.8) is 0 Å². The van der Waals surface area contributed by atoms with Crippen LogP contribution < -0.4 is 0 Å². The summed E-state index contributed by atoms with van der Waals surface area (Å²) in [6.45, 7) is 2.27. The maximum absolute atomic E-state index is 13.9. The topological polar surface area (TPSA) is 23.8 Å². The van der Waals surface area contributed by atoms with Crippen molar-refractivity contribution in [2.45, 2.75) is 71.1 Å². The molecule has 0 radical (unpaired) electrons. The molecule has 1 nitrogen and oxygen atoms in total. The molecule has 0 atom stereocenters. The van der Waals surface area contributed by atoms with E-state index in [1.807, 2.05) is 12.1 Å². The molecule has 0 N–H and O–H groups in total. The minimum absolute atomic E-state index is 0.465.